The Morgan fingerprint density at radius 1 is 1.43 bits per heavy atom. The molecule has 1 heterocycles. The number of aliphatic imine (C=N–C) groups is 1. The number of rotatable bonds is 3. The average molecular weight is 391 g/mol. The first-order valence-corrected chi connectivity index (χ1v) is 8.36. The number of hydrogen-bond acceptors (Lipinski definition) is 6. The van der Waals surface area contributed by atoms with Gasteiger partial charge in [0.25, 0.3) is 5.69 Å². The predicted octanol–water partition coefficient (Wildman–Crippen LogP) is 3.60. The zero-order valence-electron chi connectivity index (χ0n) is 11.7. The van der Waals surface area contributed by atoms with Gasteiger partial charge >= 0.3 is 0 Å². The van der Waals surface area contributed by atoms with E-state index in [0.717, 1.165) is 29.7 Å². The number of thiophene rings is 1. The molecule has 0 saturated heterocycles. The summed E-state index contributed by atoms with van der Waals surface area (Å²) < 4.78 is 0.430. The molecule has 1 aromatic carbocycles. The molecule has 6 nitrogen and oxygen atoms in total. The molecule has 0 radical (unpaired) electrons. The quantitative estimate of drug-likeness (QED) is 0.453. The first kappa shape index (κ1) is 15.6. The molecule has 116 valence electrons. The number of hydrogen-bond donors (Lipinski definition) is 0. The summed E-state index contributed by atoms with van der Waals surface area (Å²) in [6.45, 7) is 0. The van der Waals surface area contributed by atoms with Crippen molar-refractivity contribution >= 4 is 44.2 Å². The second-order valence-corrected chi connectivity index (χ2v) is 7.01. The Morgan fingerprint density at radius 3 is 2.91 bits per heavy atom. The fourth-order valence-corrected chi connectivity index (χ4v) is 4.20. The lowest BCUT2D eigenvalue weighted by molar-refractivity contribution is -0.398. The van der Waals surface area contributed by atoms with Gasteiger partial charge in [-0.25, -0.2) is 4.99 Å². The largest absolute Gasteiger partial charge is 0.867 e. The van der Waals surface area contributed by atoms with E-state index in [9.17, 15) is 20.5 Å². The number of nitro benzene ring substituents is 1. The van der Waals surface area contributed by atoms with E-state index in [1.807, 2.05) is 0 Å². The Hall–Kier alpha value is -2.24. The summed E-state index contributed by atoms with van der Waals surface area (Å²) in [5.74, 6) is -0.690. The van der Waals surface area contributed by atoms with Gasteiger partial charge in [0.1, 0.15) is 11.1 Å². The molecule has 0 atom stereocenters. The van der Waals surface area contributed by atoms with E-state index in [1.165, 1.54) is 29.7 Å². The molecule has 0 N–H and O–H groups in total. The smallest absolute Gasteiger partial charge is 0.263 e. The van der Waals surface area contributed by atoms with E-state index >= 15 is 0 Å². The van der Waals surface area contributed by atoms with Gasteiger partial charge in [0, 0.05) is 21.6 Å². The molecule has 1 aliphatic rings. The minimum Gasteiger partial charge on any atom is -0.867 e. The maximum absolute atomic E-state index is 12.1. The molecule has 1 aromatic heterocycles. The SMILES string of the molecule is N#Cc1c(N=Cc2cc(Br)cc([N+](=O)[O-])c2[O-])sc2c1CCC2. The van der Waals surface area contributed by atoms with Crippen LogP contribution in [-0.2, 0) is 12.8 Å². The topological polar surface area (TPSA) is 102 Å². The molecule has 8 heteroatoms. The molecule has 0 aliphatic heterocycles. The van der Waals surface area contributed by atoms with Crippen LogP contribution in [0.25, 0.3) is 0 Å². The molecule has 0 fully saturated rings. The minimum atomic E-state index is -0.717. The molecule has 0 bridgehead atoms. The highest BCUT2D eigenvalue weighted by Gasteiger charge is 2.21. The Morgan fingerprint density at radius 2 is 2.22 bits per heavy atom. The van der Waals surface area contributed by atoms with Crippen molar-refractivity contribution in [3.63, 3.8) is 0 Å². The van der Waals surface area contributed by atoms with Crippen LogP contribution >= 0.6 is 27.3 Å². The zero-order valence-corrected chi connectivity index (χ0v) is 14.1. The van der Waals surface area contributed by atoms with Crippen molar-refractivity contribution in [3.05, 3.63) is 48.3 Å². The molecule has 0 saturated carbocycles. The van der Waals surface area contributed by atoms with Gasteiger partial charge in [-0.1, -0.05) is 15.9 Å². The highest BCUT2D eigenvalue weighted by molar-refractivity contribution is 9.10. The highest BCUT2D eigenvalue weighted by Crippen LogP contribution is 2.40. The number of benzene rings is 1. The van der Waals surface area contributed by atoms with Crippen LogP contribution in [0.15, 0.2) is 21.6 Å². The standard InChI is InChI=1S/C15H10BrN3O3S/c16-9-4-8(14(20)12(5-9)19(21)22)7-18-15-11(6-17)10-2-1-3-13(10)23-15/h4-5,7,20H,1-3H2/p-1. The van der Waals surface area contributed by atoms with E-state index in [0.29, 0.717) is 15.0 Å². The van der Waals surface area contributed by atoms with E-state index in [2.05, 4.69) is 27.0 Å². The molecule has 0 amide bonds. The fraction of sp³-hybridized carbons (Fsp3) is 0.200. The van der Waals surface area contributed by atoms with Crippen LogP contribution in [0, 0.1) is 21.4 Å². The van der Waals surface area contributed by atoms with Crippen molar-refractivity contribution in [2.24, 2.45) is 4.99 Å². The zero-order chi connectivity index (χ0) is 16.6. The van der Waals surface area contributed by atoms with E-state index in [1.54, 1.807) is 0 Å². The van der Waals surface area contributed by atoms with Crippen LogP contribution < -0.4 is 5.11 Å². The summed E-state index contributed by atoms with van der Waals surface area (Å²) in [7, 11) is 0. The highest BCUT2D eigenvalue weighted by atomic mass is 79.9. The van der Waals surface area contributed by atoms with Gasteiger partial charge in [-0.3, -0.25) is 10.1 Å². The summed E-state index contributed by atoms with van der Waals surface area (Å²) in [6, 6.07) is 4.81. The normalized spacial score (nSPS) is 13.2. The third-order valence-electron chi connectivity index (χ3n) is 3.59. The Balaban J connectivity index is 2.02. The van der Waals surface area contributed by atoms with Gasteiger partial charge in [0.05, 0.1) is 10.5 Å². The number of nitrogens with zero attached hydrogens (tertiary/aromatic N) is 3. The molecule has 1 aliphatic carbocycles. The molecule has 23 heavy (non-hydrogen) atoms. The van der Waals surface area contributed by atoms with Crippen molar-refractivity contribution in [1.82, 2.24) is 0 Å². The molecular formula is C15H9BrN3O3S-. The van der Waals surface area contributed by atoms with Gasteiger partial charge in [-0.2, -0.15) is 5.26 Å². The summed E-state index contributed by atoms with van der Waals surface area (Å²) in [5.41, 5.74) is 1.21. The number of nitriles is 1. The monoisotopic (exact) mass is 390 g/mol. The lowest BCUT2D eigenvalue weighted by Crippen LogP contribution is -2.02. The summed E-state index contributed by atoms with van der Waals surface area (Å²) in [5, 5.41) is 32.8. The van der Waals surface area contributed by atoms with Crippen LogP contribution in [0.3, 0.4) is 0 Å². The van der Waals surface area contributed by atoms with E-state index in [4.69, 9.17) is 0 Å². The fourth-order valence-electron chi connectivity index (χ4n) is 2.56. The van der Waals surface area contributed by atoms with Gasteiger partial charge < -0.3 is 5.11 Å². The van der Waals surface area contributed by atoms with Crippen LogP contribution in [-0.4, -0.2) is 11.1 Å². The van der Waals surface area contributed by atoms with Gasteiger partial charge in [-0.15, -0.1) is 11.3 Å². The lowest BCUT2D eigenvalue weighted by Gasteiger charge is -2.10. The number of halogens is 1. The van der Waals surface area contributed by atoms with Crippen LogP contribution in [0.5, 0.6) is 5.75 Å². The molecule has 0 spiro atoms. The van der Waals surface area contributed by atoms with Crippen molar-refractivity contribution < 1.29 is 10.0 Å². The molecule has 0 unspecified atom stereocenters. The van der Waals surface area contributed by atoms with Crippen molar-refractivity contribution in [2.75, 3.05) is 0 Å². The van der Waals surface area contributed by atoms with Gasteiger partial charge in [0.2, 0.25) is 0 Å². The van der Waals surface area contributed by atoms with Crippen LogP contribution in [0.2, 0.25) is 0 Å². The number of nitro groups is 1. The molecule has 2 aromatic rings. The average Bonchev–Trinajstić information content (AvgIpc) is 3.07. The number of fused-ring (bicyclic) bond motifs is 1. The first-order chi connectivity index (χ1) is 11.0. The Bertz CT molecular complexity index is 883. The third-order valence-corrected chi connectivity index (χ3v) is 5.25. The summed E-state index contributed by atoms with van der Waals surface area (Å²) >= 11 is 4.60. The van der Waals surface area contributed by atoms with E-state index in [-0.39, 0.29) is 5.56 Å². The Labute approximate surface area is 144 Å². The predicted molar refractivity (Wildman–Crippen MR) is 88.6 cm³/mol. The van der Waals surface area contributed by atoms with E-state index < -0.39 is 16.4 Å². The van der Waals surface area contributed by atoms with Crippen molar-refractivity contribution in [1.29, 1.82) is 5.26 Å². The minimum absolute atomic E-state index is 0.114. The second-order valence-electron chi connectivity index (χ2n) is 5.01. The third kappa shape index (κ3) is 2.85. The van der Waals surface area contributed by atoms with Crippen molar-refractivity contribution in [3.8, 4) is 11.8 Å². The molecular weight excluding hydrogens is 382 g/mol. The Kier molecular flexibility index (Phi) is 4.15. The van der Waals surface area contributed by atoms with Gasteiger partial charge in [0.15, 0.2) is 0 Å². The maximum atomic E-state index is 12.1. The lowest BCUT2D eigenvalue weighted by atomic mass is 10.1. The summed E-state index contributed by atoms with van der Waals surface area (Å²) in [4.78, 5) is 15.6. The second kappa shape index (κ2) is 6.10. The summed E-state index contributed by atoms with van der Waals surface area (Å²) in [6.07, 6.45) is 4.16. The first-order valence-electron chi connectivity index (χ1n) is 6.75. The van der Waals surface area contributed by atoms with Gasteiger partial charge in [-0.05, 0) is 42.2 Å². The van der Waals surface area contributed by atoms with Crippen LogP contribution in [0.1, 0.15) is 28.0 Å². The maximum Gasteiger partial charge on any atom is 0.263 e. The van der Waals surface area contributed by atoms with Crippen LogP contribution in [0.4, 0.5) is 10.7 Å². The number of aryl methyl sites for hydroxylation is 1. The van der Waals surface area contributed by atoms with Crippen molar-refractivity contribution in [2.45, 2.75) is 19.3 Å². The molecule has 3 rings (SSSR count).